The highest BCUT2D eigenvalue weighted by Gasteiger charge is 2.43. The Bertz CT molecular complexity index is 533. The zero-order valence-electron chi connectivity index (χ0n) is 14.8. The number of likely N-dealkylation sites (tertiary alicyclic amines) is 2. The van der Waals surface area contributed by atoms with Crippen molar-refractivity contribution >= 4 is 5.91 Å². The fraction of sp³-hybridized carbons (Fsp3) is 0.650. The Hall–Kier alpha value is -1.35. The van der Waals surface area contributed by atoms with Gasteiger partial charge >= 0.3 is 0 Å². The summed E-state index contributed by atoms with van der Waals surface area (Å²) >= 11 is 0. The van der Waals surface area contributed by atoms with E-state index in [1.165, 1.54) is 31.5 Å². The van der Waals surface area contributed by atoms with Gasteiger partial charge in [0.05, 0.1) is 0 Å². The molecule has 0 atom stereocenters. The number of piperidine rings is 1. The minimum Gasteiger partial charge on any atom is -0.342 e. The van der Waals surface area contributed by atoms with Gasteiger partial charge in [-0.3, -0.25) is 9.69 Å². The summed E-state index contributed by atoms with van der Waals surface area (Å²) in [5.74, 6) is 0.292. The molecule has 0 saturated carbocycles. The van der Waals surface area contributed by atoms with E-state index in [-0.39, 0.29) is 11.0 Å². The molecule has 3 rings (SSSR count). The topological polar surface area (TPSA) is 23.6 Å². The molecular formula is C20H30N2O. The second-order valence-corrected chi connectivity index (χ2v) is 8.13. The van der Waals surface area contributed by atoms with Crippen molar-refractivity contribution in [1.29, 1.82) is 0 Å². The van der Waals surface area contributed by atoms with Crippen LogP contribution in [0.2, 0.25) is 0 Å². The fourth-order valence-electron chi connectivity index (χ4n) is 4.24. The highest BCUT2D eigenvalue weighted by atomic mass is 16.2. The highest BCUT2D eigenvalue weighted by molar-refractivity contribution is 5.81. The third kappa shape index (κ3) is 3.16. The first-order chi connectivity index (χ1) is 10.9. The zero-order valence-corrected chi connectivity index (χ0v) is 14.8. The van der Waals surface area contributed by atoms with E-state index in [0.717, 1.165) is 25.9 Å². The molecule has 0 bridgehead atoms. The molecule has 0 aromatic heterocycles. The maximum atomic E-state index is 12.6. The van der Waals surface area contributed by atoms with Crippen LogP contribution in [-0.4, -0.2) is 41.9 Å². The van der Waals surface area contributed by atoms with Gasteiger partial charge in [-0.1, -0.05) is 51.1 Å². The standard InChI is InChI=1S/C20H30N2O/c1-19(2,3)18(23)21-15-11-20(12-16-21,22-13-7-8-14-22)17-9-5-4-6-10-17/h4-6,9-10H,7-8,11-16H2,1-3H3. The van der Waals surface area contributed by atoms with E-state index in [4.69, 9.17) is 0 Å². The lowest BCUT2D eigenvalue weighted by atomic mass is 9.78. The molecule has 0 spiro atoms. The van der Waals surface area contributed by atoms with Crippen molar-refractivity contribution < 1.29 is 4.79 Å². The van der Waals surface area contributed by atoms with Crippen LogP contribution in [0.5, 0.6) is 0 Å². The lowest BCUT2D eigenvalue weighted by molar-refractivity contribution is -0.142. The predicted octanol–water partition coefficient (Wildman–Crippen LogP) is 3.65. The third-order valence-electron chi connectivity index (χ3n) is 5.54. The van der Waals surface area contributed by atoms with E-state index in [1.807, 2.05) is 20.8 Å². The van der Waals surface area contributed by atoms with Gasteiger partial charge in [0.15, 0.2) is 0 Å². The number of carbonyl (C=O) groups is 1. The van der Waals surface area contributed by atoms with Crippen molar-refractivity contribution in [2.75, 3.05) is 26.2 Å². The Morgan fingerprint density at radius 3 is 2.04 bits per heavy atom. The summed E-state index contributed by atoms with van der Waals surface area (Å²) in [7, 11) is 0. The Morgan fingerprint density at radius 1 is 0.957 bits per heavy atom. The SMILES string of the molecule is CC(C)(C)C(=O)N1CCC(c2ccccc2)(N2CCCC2)CC1. The number of benzene rings is 1. The van der Waals surface area contributed by atoms with E-state index >= 15 is 0 Å². The maximum Gasteiger partial charge on any atom is 0.227 e. The maximum absolute atomic E-state index is 12.6. The molecule has 2 fully saturated rings. The van der Waals surface area contributed by atoms with E-state index in [0.29, 0.717) is 5.91 Å². The average molecular weight is 314 g/mol. The molecular weight excluding hydrogens is 284 g/mol. The van der Waals surface area contributed by atoms with Gasteiger partial charge in [0.2, 0.25) is 5.91 Å². The van der Waals surface area contributed by atoms with Crippen molar-refractivity contribution in [1.82, 2.24) is 9.80 Å². The molecule has 1 aromatic carbocycles. The molecule has 2 aliphatic heterocycles. The van der Waals surface area contributed by atoms with Gasteiger partial charge in [0.25, 0.3) is 0 Å². The first kappa shape index (κ1) is 16.5. The van der Waals surface area contributed by atoms with Crippen LogP contribution in [0.1, 0.15) is 52.0 Å². The number of amides is 1. The second-order valence-electron chi connectivity index (χ2n) is 8.13. The van der Waals surface area contributed by atoms with Gasteiger partial charge in [-0.05, 0) is 44.3 Å². The Kier molecular flexibility index (Phi) is 4.50. The molecule has 2 heterocycles. The van der Waals surface area contributed by atoms with Gasteiger partial charge in [-0.2, -0.15) is 0 Å². The Balaban J connectivity index is 1.82. The molecule has 3 heteroatoms. The summed E-state index contributed by atoms with van der Waals surface area (Å²) in [4.78, 5) is 17.4. The normalized spacial score (nSPS) is 22.3. The summed E-state index contributed by atoms with van der Waals surface area (Å²) in [5.41, 5.74) is 1.29. The van der Waals surface area contributed by atoms with Crippen molar-refractivity contribution in [3.63, 3.8) is 0 Å². The van der Waals surface area contributed by atoms with Crippen LogP contribution in [0.4, 0.5) is 0 Å². The smallest absolute Gasteiger partial charge is 0.227 e. The predicted molar refractivity (Wildman–Crippen MR) is 94.2 cm³/mol. The number of carbonyl (C=O) groups excluding carboxylic acids is 1. The number of rotatable bonds is 2. The summed E-state index contributed by atoms with van der Waals surface area (Å²) in [6.07, 6.45) is 4.72. The molecule has 2 saturated heterocycles. The van der Waals surface area contributed by atoms with Crippen LogP contribution < -0.4 is 0 Å². The first-order valence-corrected chi connectivity index (χ1v) is 9.03. The zero-order chi connectivity index (χ0) is 16.5. The Morgan fingerprint density at radius 2 is 1.52 bits per heavy atom. The molecule has 2 aliphatic rings. The van der Waals surface area contributed by atoms with Crippen LogP contribution in [0.15, 0.2) is 30.3 Å². The van der Waals surface area contributed by atoms with E-state index in [1.54, 1.807) is 0 Å². The van der Waals surface area contributed by atoms with Crippen molar-refractivity contribution in [2.45, 2.75) is 52.0 Å². The molecule has 1 aromatic rings. The first-order valence-electron chi connectivity index (χ1n) is 9.03. The Labute approximate surface area is 140 Å². The molecule has 0 radical (unpaired) electrons. The van der Waals surface area contributed by atoms with Gasteiger partial charge in [-0.25, -0.2) is 0 Å². The lowest BCUT2D eigenvalue weighted by Crippen LogP contribution is -2.54. The van der Waals surface area contributed by atoms with Crippen molar-refractivity contribution in [3.8, 4) is 0 Å². The largest absolute Gasteiger partial charge is 0.342 e. The quantitative estimate of drug-likeness (QED) is 0.832. The average Bonchev–Trinajstić information content (AvgIpc) is 3.09. The van der Waals surface area contributed by atoms with Gasteiger partial charge in [0.1, 0.15) is 0 Å². The van der Waals surface area contributed by atoms with Crippen LogP contribution in [0.3, 0.4) is 0 Å². The molecule has 0 unspecified atom stereocenters. The molecule has 0 aliphatic carbocycles. The minimum atomic E-state index is -0.277. The van der Waals surface area contributed by atoms with Gasteiger partial charge in [-0.15, -0.1) is 0 Å². The van der Waals surface area contributed by atoms with Crippen molar-refractivity contribution in [3.05, 3.63) is 35.9 Å². The summed E-state index contributed by atoms with van der Waals surface area (Å²) in [5, 5.41) is 0. The van der Waals surface area contributed by atoms with E-state index in [2.05, 4.69) is 40.1 Å². The second kappa shape index (κ2) is 6.27. The molecule has 0 N–H and O–H groups in total. The van der Waals surface area contributed by atoms with E-state index in [9.17, 15) is 4.79 Å². The molecule has 3 nitrogen and oxygen atoms in total. The van der Waals surface area contributed by atoms with Crippen LogP contribution >= 0.6 is 0 Å². The molecule has 126 valence electrons. The monoisotopic (exact) mass is 314 g/mol. The summed E-state index contributed by atoms with van der Waals surface area (Å²) in [6, 6.07) is 11.0. The molecule has 23 heavy (non-hydrogen) atoms. The minimum absolute atomic E-state index is 0.131. The van der Waals surface area contributed by atoms with Crippen LogP contribution in [0, 0.1) is 5.41 Å². The number of hydrogen-bond acceptors (Lipinski definition) is 2. The van der Waals surface area contributed by atoms with Gasteiger partial charge < -0.3 is 4.90 Å². The fourth-order valence-corrected chi connectivity index (χ4v) is 4.24. The van der Waals surface area contributed by atoms with Crippen molar-refractivity contribution in [2.24, 2.45) is 5.41 Å². The summed E-state index contributed by atoms with van der Waals surface area (Å²) in [6.45, 7) is 10.2. The third-order valence-corrected chi connectivity index (χ3v) is 5.54. The van der Waals surface area contributed by atoms with Crippen LogP contribution in [0.25, 0.3) is 0 Å². The lowest BCUT2D eigenvalue weighted by Gasteiger charge is -2.48. The summed E-state index contributed by atoms with van der Waals surface area (Å²) < 4.78 is 0. The molecule has 1 amide bonds. The highest BCUT2D eigenvalue weighted by Crippen LogP contribution is 2.41. The van der Waals surface area contributed by atoms with Gasteiger partial charge in [0, 0.05) is 24.0 Å². The van der Waals surface area contributed by atoms with Crippen LogP contribution in [-0.2, 0) is 10.3 Å². The number of hydrogen-bond donors (Lipinski definition) is 0. The number of nitrogens with zero attached hydrogens (tertiary/aromatic N) is 2. The van der Waals surface area contributed by atoms with E-state index < -0.39 is 0 Å².